The Morgan fingerprint density at radius 1 is 0.774 bits per heavy atom. The Morgan fingerprint density at radius 3 is 1.89 bits per heavy atom. The van der Waals surface area contributed by atoms with E-state index in [4.69, 9.17) is 13.8 Å². The zero-order valence-electron chi connectivity index (χ0n) is 30.2. The average molecular weight is 733 g/mol. The summed E-state index contributed by atoms with van der Waals surface area (Å²) in [5.74, 6) is 0.196. The van der Waals surface area contributed by atoms with Gasteiger partial charge in [0.25, 0.3) is 0 Å². The molecule has 6 aromatic rings. The standard InChI is InChI=1S/C42H45N4O6P/c1-4-5-25-45(3)41(47)36-26-35(40-43-44-42(48)46(40)37-24-16-15-17-31(37)2)38(50-28-32-18-9-6-10-19-32)27-39(36)53(49,51-29-33-20-11-7-12-21-33)52-30-34-22-13-8-14-23-34/h6-24,26-27,49,53H,4-5,25,28-30H2,1-3H3,(H,44,48). The molecule has 274 valence electrons. The molecule has 0 radical (unpaired) electrons. The number of para-hydroxylation sites is 1. The molecule has 0 bridgehead atoms. The number of aromatic hydroxyl groups is 1. The fraction of sp³-hybridized carbons (Fsp3) is 0.214. The van der Waals surface area contributed by atoms with Crippen LogP contribution in [0.15, 0.2) is 127 Å². The van der Waals surface area contributed by atoms with Crippen molar-refractivity contribution in [3.63, 3.8) is 0 Å². The second-order valence-corrected chi connectivity index (χ2v) is 15.1. The molecule has 10 nitrogen and oxygen atoms in total. The van der Waals surface area contributed by atoms with Gasteiger partial charge in [0.1, 0.15) is 0 Å². The van der Waals surface area contributed by atoms with E-state index in [1.165, 1.54) is 4.57 Å². The van der Waals surface area contributed by atoms with Gasteiger partial charge in [0, 0.05) is 0 Å². The molecule has 6 rings (SSSR count). The van der Waals surface area contributed by atoms with Crippen molar-refractivity contribution in [2.75, 3.05) is 13.6 Å². The predicted octanol–water partition coefficient (Wildman–Crippen LogP) is 7.95. The summed E-state index contributed by atoms with van der Waals surface area (Å²) in [4.78, 5) is 28.9. The number of carbonyl (C=O) groups excluding carboxylic acids is 1. The molecule has 0 spiro atoms. The number of ether oxygens (including phenoxy) is 1. The summed E-state index contributed by atoms with van der Waals surface area (Å²) in [6.07, 6.45) is 1.68. The molecule has 0 fully saturated rings. The first-order valence-electron chi connectivity index (χ1n) is 17.7. The van der Waals surface area contributed by atoms with Gasteiger partial charge in [-0.25, -0.2) is 0 Å². The summed E-state index contributed by atoms with van der Waals surface area (Å²) >= 11 is 0. The van der Waals surface area contributed by atoms with E-state index >= 15 is 0 Å². The SMILES string of the molecule is CCCCN(C)C(=O)c1cc(-c2nnc(O)n2-c2ccccc2C)c(OCc2ccccc2)cc1[PH](O)(OCc1ccccc1)OCc1ccccc1. The number of aromatic nitrogens is 3. The van der Waals surface area contributed by atoms with E-state index in [0.29, 0.717) is 17.8 Å². The number of carbonyl (C=O) groups is 1. The third-order valence-corrected chi connectivity index (χ3v) is 11.1. The molecule has 0 aliphatic rings. The van der Waals surface area contributed by atoms with Gasteiger partial charge in [0.2, 0.25) is 0 Å². The Hall–Kier alpha value is -5.38. The number of rotatable bonds is 16. The summed E-state index contributed by atoms with van der Waals surface area (Å²) in [5.41, 5.74) is 4.63. The minimum atomic E-state index is -4.44. The van der Waals surface area contributed by atoms with Crippen LogP contribution in [0.25, 0.3) is 17.1 Å². The van der Waals surface area contributed by atoms with E-state index in [2.05, 4.69) is 17.1 Å². The molecule has 0 unspecified atom stereocenters. The fourth-order valence-corrected chi connectivity index (χ4v) is 7.90. The first-order valence-corrected chi connectivity index (χ1v) is 19.4. The molecular weight excluding hydrogens is 687 g/mol. The van der Waals surface area contributed by atoms with Gasteiger partial charge in [-0.3, -0.25) is 0 Å². The fourth-order valence-electron chi connectivity index (χ4n) is 5.94. The summed E-state index contributed by atoms with van der Waals surface area (Å²) in [5, 5.41) is 19.7. The van der Waals surface area contributed by atoms with Crippen LogP contribution in [0.4, 0.5) is 0 Å². The van der Waals surface area contributed by atoms with Crippen LogP contribution in [-0.4, -0.2) is 49.2 Å². The quantitative estimate of drug-likeness (QED) is 0.0964. The summed E-state index contributed by atoms with van der Waals surface area (Å²) < 4.78 is 20.9. The zero-order chi connectivity index (χ0) is 37.2. The van der Waals surface area contributed by atoms with Gasteiger partial charge < -0.3 is 0 Å². The van der Waals surface area contributed by atoms with Crippen molar-refractivity contribution in [2.24, 2.45) is 0 Å². The Labute approximate surface area is 310 Å². The van der Waals surface area contributed by atoms with Crippen LogP contribution >= 0.6 is 7.94 Å². The van der Waals surface area contributed by atoms with Gasteiger partial charge in [-0.2, -0.15) is 0 Å². The number of hydrogen-bond donors (Lipinski definition) is 2. The first kappa shape index (κ1) is 37.4. The summed E-state index contributed by atoms with van der Waals surface area (Å²) in [6, 6.07) is 39.2. The van der Waals surface area contributed by atoms with Crippen LogP contribution in [0, 0.1) is 6.92 Å². The number of aryl methyl sites for hydroxylation is 1. The minimum absolute atomic E-state index is 0.0368. The molecule has 53 heavy (non-hydrogen) atoms. The van der Waals surface area contributed by atoms with Crippen LogP contribution in [0.1, 0.15) is 52.4 Å². The van der Waals surface area contributed by atoms with Crippen molar-refractivity contribution in [1.82, 2.24) is 19.7 Å². The number of nitrogens with zero attached hydrogens (tertiary/aromatic N) is 4. The molecule has 0 atom stereocenters. The molecule has 1 heterocycles. The van der Waals surface area contributed by atoms with Crippen LogP contribution in [0.2, 0.25) is 0 Å². The number of hydrogen-bond acceptors (Lipinski definition) is 8. The Balaban J connectivity index is 1.56. The molecule has 0 saturated heterocycles. The van der Waals surface area contributed by atoms with Crippen molar-refractivity contribution in [3.05, 3.63) is 155 Å². The molecule has 1 amide bonds. The molecule has 0 aliphatic heterocycles. The summed E-state index contributed by atoms with van der Waals surface area (Å²) in [7, 11) is -2.70. The van der Waals surface area contributed by atoms with E-state index < -0.39 is 7.94 Å². The Kier molecular flexibility index (Phi) is 12.3. The van der Waals surface area contributed by atoms with E-state index in [1.807, 2.05) is 122 Å². The second-order valence-electron chi connectivity index (χ2n) is 12.8. The molecule has 11 heteroatoms. The predicted molar refractivity (Wildman–Crippen MR) is 208 cm³/mol. The van der Waals surface area contributed by atoms with Crippen LogP contribution in [0.3, 0.4) is 0 Å². The normalized spacial score (nSPS) is 11.7. The average Bonchev–Trinajstić information content (AvgIpc) is 3.58. The van der Waals surface area contributed by atoms with Crippen molar-refractivity contribution in [3.8, 4) is 28.8 Å². The van der Waals surface area contributed by atoms with Gasteiger partial charge in [-0.05, 0) is 0 Å². The molecule has 2 N–H and O–H groups in total. The summed E-state index contributed by atoms with van der Waals surface area (Å²) in [6.45, 7) is 4.71. The molecule has 5 aromatic carbocycles. The number of benzene rings is 5. The number of unbranched alkanes of at least 4 members (excludes halogenated alkanes) is 1. The molecule has 0 aliphatic carbocycles. The van der Waals surface area contributed by atoms with Gasteiger partial charge in [-0.1, -0.05) is 0 Å². The van der Waals surface area contributed by atoms with Crippen molar-refractivity contribution in [2.45, 2.75) is 46.5 Å². The van der Waals surface area contributed by atoms with E-state index in [1.54, 1.807) is 24.1 Å². The van der Waals surface area contributed by atoms with Crippen LogP contribution < -0.4 is 10.0 Å². The van der Waals surface area contributed by atoms with E-state index in [-0.39, 0.29) is 54.2 Å². The zero-order valence-corrected chi connectivity index (χ0v) is 31.2. The maximum absolute atomic E-state index is 14.5. The van der Waals surface area contributed by atoms with Gasteiger partial charge in [-0.15, -0.1) is 0 Å². The van der Waals surface area contributed by atoms with Crippen molar-refractivity contribution >= 4 is 19.2 Å². The third-order valence-electron chi connectivity index (χ3n) is 8.92. The third kappa shape index (κ3) is 8.99. The Bertz CT molecular complexity index is 2070. The van der Waals surface area contributed by atoms with Crippen LogP contribution in [-0.2, 0) is 28.9 Å². The monoisotopic (exact) mass is 732 g/mol. The topological polar surface area (TPSA) is 119 Å². The van der Waals surface area contributed by atoms with E-state index in [9.17, 15) is 14.8 Å². The molecule has 1 aromatic heterocycles. The first-order chi connectivity index (χ1) is 25.8. The van der Waals surface area contributed by atoms with Gasteiger partial charge in [0.15, 0.2) is 0 Å². The van der Waals surface area contributed by atoms with Gasteiger partial charge in [0.05, 0.1) is 0 Å². The number of amides is 1. The second kappa shape index (κ2) is 17.4. The maximum atomic E-state index is 14.5. The van der Waals surface area contributed by atoms with Crippen LogP contribution in [0.5, 0.6) is 11.8 Å². The van der Waals surface area contributed by atoms with Gasteiger partial charge >= 0.3 is 312 Å². The van der Waals surface area contributed by atoms with Crippen molar-refractivity contribution < 1.29 is 28.6 Å². The Morgan fingerprint density at radius 2 is 1.32 bits per heavy atom. The molecular formula is C42H45N4O6P. The molecule has 0 saturated carbocycles. The van der Waals surface area contributed by atoms with Crippen molar-refractivity contribution in [1.29, 1.82) is 0 Å². The van der Waals surface area contributed by atoms with E-state index in [0.717, 1.165) is 35.1 Å².